The third-order valence-electron chi connectivity index (χ3n) is 3.40. The number of carboxylic acid groups (broad SMARTS) is 1. The van der Waals surface area contributed by atoms with Crippen LogP contribution >= 0.6 is 0 Å². The average molecular weight is 252 g/mol. The molecule has 0 spiro atoms. The first-order chi connectivity index (χ1) is 8.47. The molecule has 0 aromatic heterocycles. The lowest BCUT2D eigenvalue weighted by Crippen LogP contribution is -2.27. The Kier molecular flexibility index (Phi) is 3.55. The first-order valence-corrected chi connectivity index (χ1v) is 6.15. The summed E-state index contributed by atoms with van der Waals surface area (Å²) in [5.41, 5.74) is 0.827. The van der Waals surface area contributed by atoms with E-state index in [9.17, 15) is 9.18 Å². The maximum atomic E-state index is 13.1. The summed E-state index contributed by atoms with van der Waals surface area (Å²) in [4.78, 5) is 11.1. The van der Waals surface area contributed by atoms with E-state index in [2.05, 4.69) is 0 Å². The highest BCUT2D eigenvalue weighted by molar-refractivity contribution is 5.70. The summed E-state index contributed by atoms with van der Waals surface area (Å²) < 4.78 is 18.7. The van der Waals surface area contributed by atoms with Gasteiger partial charge in [0.2, 0.25) is 0 Å². The largest absolute Gasteiger partial charge is 0.490 e. The van der Waals surface area contributed by atoms with Gasteiger partial charge in [-0.2, -0.15) is 0 Å². The number of aliphatic carboxylic acids is 1. The molecule has 1 heterocycles. The fourth-order valence-electron chi connectivity index (χ4n) is 2.36. The molecular formula is C14H17FO3. The van der Waals surface area contributed by atoms with Crippen LogP contribution in [0.5, 0.6) is 5.75 Å². The Labute approximate surface area is 106 Å². The van der Waals surface area contributed by atoms with Crippen LogP contribution in [-0.4, -0.2) is 17.2 Å². The summed E-state index contributed by atoms with van der Waals surface area (Å²) >= 11 is 0. The van der Waals surface area contributed by atoms with Crippen molar-refractivity contribution in [2.24, 2.45) is 11.8 Å². The molecule has 1 aromatic carbocycles. The molecule has 2 atom stereocenters. The fourth-order valence-corrected chi connectivity index (χ4v) is 2.36. The first kappa shape index (κ1) is 12.9. The number of fused-ring (bicyclic) bond motifs is 1. The number of ether oxygens (including phenoxy) is 1. The molecule has 0 fully saturated rings. The maximum absolute atomic E-state index is 13.1. The van der Waals surface area contributed by atoms with E-state index >= 15 is 0 Å². The molecular weight excluding hydrogens is 235 g/mol. The average Bonchev–Trinajstić information content (AvgIpc) is 2.66. The smallest absolute Gasteiger partial charge is 0.306 e. The molecule has 4 heteroatoms. The number of hydrogen-bond donors (Lipinski definition) is 1. The molecule has 1 aromatic rings. The summed E-state index contributed by atoms with van der Waals surface area (Å²) in [5, 5.41) is 9.15. The van der Waals surface area contributed by atoms with Crippen molar-refractivity contribution < 1.29 is 19.0 Å². The molecule has 18 heavy (non-hydrogen) atoms. The lowest BCUT2D eigenvalue weighted by Gasteiger charge is -2.19. The van der Waals surface area contributed by atoms with Gasteiger partial charge in [-0.25, -0.2) is 4.39 Å². The molecule has 1 aliphatic rings. The molecule has 0 saturated carbocycles. The fraction of sp³-hybridized carbons (Fsp3) is 0.500. The van der Waals surface area contributed by atoms with Crippen LogP contribution in [0.1, 0.15) is 25.8 Å². The van der Waals surface area contributed by atoms with Crippen LogP contribution in [0.3, 0.4) is 0 Å². The summed E-state index contributed by atoms with van der Waals surface area (Å²) in [7, 11) is 0. The molecule has 1 aliphatic heterocycles. The number of carboxylic acids is 1. The molecule has 2 rings (SSSR count). The van der Waals surface area contributed by atoms with Crippen molar-refractivity contribution >= 4 is 5.97 Å². The molecule has 2 unspecified atom stereocenters. The van der Waals surface area contributed by atoms with Gasteiger partial charge in [0.1, 0.15) is 17.7 Å². The predicted octanol–water partition coefficient (Wildman–Crippen LogP) is 2.88. The van der Waals surface area contributed by atoms with Gasteiger partial charge in [0.25, 0.3) is 0 Å². The predicted molar refractivity (Wildman–Crippen MR) is 65.1 cm³/mol. The molecule has 0 aliphatic carbocycles. The van der Waals surface area contributed by atoms with E-state index in [0.29, 0.717) is 18.6 Å². The van der Waals surface area contributed by atoms with Gasteiger partial charge in [0.15, 0.2) is 0 Å². The Hall–Kier alpha value is -1.58. The van der Waals surface area contributed by atoms with Crippen LogP contribution < -0.4 is 4.74 Å². The Morgan fingerprint density at radius 1 is 1.56 bits per heavy atom. The minimum Gasteiger partial charge on any atom is -0.490 e. The van der Waals surface area contributed by atoms with E-state index in [0.717, 1.165) is 5.56 Å². The number of halogens is 1. The standard InChI is InChI=1S/C14H17FO3/c1-8(2)12(14(16)17)7-11-6-9-5-10(15)3-4-13(9)18-11/h3-5,8,11-12H,6-7H2,1-2H3,(H,16,17). The van der Waals surface area contributed by atoms with Crippen molar-refractivity contribution in [3.8, 4) is 5.75 Å². The van der Waals surface area contributed by atoms with Crippen LogP contribution in [0.15, 0.2) is 18.2 Å². The van der Waals surface area contributed by atoms with E-state index in [1.165, 1.54) is 12.1 Å². The van der Waals surface area contributed by atoms with Gasteiger partial charge in [-0.05, 0) is 30.5 Å². The molecule has 0 radical (unpaired) electrons. The third kappa shape index (κ3) is 2.63. The number of benzene rings is 1. The van der Waals surface area contributed by atoms with Crippen LogP contribution in [0.25, 0.3) is 0 Å². The molecule has 3 nitrogen and oxygen atoms in total. The van der Waals surface area contributed by atoms with E-state index in [4.69, 9.17) is 9.84 Å². The van der Waals surface area contributed by atoms with E-state index < -0.39 is 11.9 Å². The van der Waals surface area contributed by atoms with Crippen molar-refractivity contribution in [2.75, 3.05) is 0 Å². The van der Waals surface area contributed by atoms with Crippen LogP contribution in [0.4, 0.5) is 4.39 Å². The van der Waals surface area contributed by atoms with Gasteiger partial charge in [0, 0.05) is 12.0 Å². The van der Waals surface area contributed by atoms with Crippen molar-refractivity contribution in [3.63, 3.8) is 0 Å². The minimum absolute atomic E-state index is 0.0616. The van der Waals surface area contributed by atoms with Crippen molar-refractivity contribution in [1.29, 1.82) is 0 Å². The Balaban J connectivity index is 2.05. The van der Waals surface area contributed by atoms with Crippen molar-refractivity contribution in [1.82, 2.24) is 0 Å². The maximum Gasteiger partial charge on any atom is 0.306 e. The summed E-state index contributed by atoms with van der Waals surface area (Å²) in [5.74, 6) is -0.762. The van der Waals surface area contributed by atoms with Crippen LogP contribution in [0.2, 0.25) is 0 Å². The second kappa shape index (κ2) is 4.96. The van der Waals surface area contributed by atoms with E-state index in [-0.39, 0.29) is 17.8 Å². The van der Waals surface area contributed by atoms with E-state index in [1.807, 2.05) is 13.8 Å². The Morgan fingerprint density at radius 2 is 2.28 bits per heavy atom. The summed E-state index contributed by atoms with van der Waals surface area (Å²) in [6.07, 6.45) is 0.887. The van der Waals surface area contributed by atoms with Crippen LogP contribution in [-0.2, 0) is 11.2 Å². The molecule has 1 N–H and O–H groups in total. The normalized spacial score (nSPS) is 19.4. The highest BCUT2D eigenvalue weighted by Gasteiger charge is 2.30. The van der Waals surface area contributed by atoms with Gasteiger partial charge in [-0.15, -0.1) is 0 Å². The molecule has 0 bridgehead atoms. The number of hydrogen-bond acceptors (Lipinski definition) is 2. The summed E-state index contributed by atoms with van der Waals surface area (Å²) in [6, 6.07) is 4.43. The third-order valence-corrected chi connectivity index (χ3v) is 3.40. The highest BCUT2D eigenvalue weighted by Crippen LogP contribution is 2.33. The molecule has 98 valence electrons. The van der Waals surface area contributed by atoms with Gasteiger partial charge in [-0.1, -0.05) is 13.8 Å². The van der Waals surface area contributed by atoms with E-state index in [1.54, 1.807) is 6.07 Å². The highest BCUT2D eigenvalue weighted by atomic mass is 19.1. The zero-order chi connectivity index (χ0) is 13.3. The minimum atomic E-state index is -0.796. The van der Waals surface area contributed by atoms with Gasteiger partial charge in [-0.3, -0.25) is 4.79 Å². The monoisotopic (exact) mass is 252 g/mol. The second-order valence-electron chi connectivity index (χ2n) is 5.12. The zero-order valence-electron chi connectivity index (χ0n) is 10.5. The number of carbonyl (C=O) groups is 1. The van der Waals surface area contributed by atoms with Crippen molar-refractivity contribution in [3.05, 3.63) is 29.6 Å². The lowest BCUT2D eigenvalue weighted by atomic mass is 9.89. The van der Waals surface area contributed by atoms with Gasteiger partial charge >= 0.3 is 5.97 Å². The Morgan fingerprint density at radius 3 is 2.89 bits per heavy atom. The quantitative estimate of drug-likeness (QED) is 0.896. The van der Waals surface area contributed by atoms with Crippen molar-refractivity contribution in [2.45, 2.75) is 32.8 Å². The lowest BCUT2D eigenvalue weighted by molar-refractivity contribution is -0.144. The van der Waals surface area contributed by atoms with Crippen LogP contribution in [0, 0.1) is 17.7 Å². The van der Waals surface area contributed by atoms with Gasteiger partial charge < -0.3 is 9.84 Å². The first-order valence-electron chi connectivity index (χ1n) is 6.15. The Bertz CT molecular complexity index is 456. The summed E-state index contributed by atoms with van der Waals surface area (Å²) in [6.45, 7) is 3.78. The SMILES string of the molecule is CC(C)C(CC1Cc2cc(F)ccc2O1)C(=O)O. The zero-order valence-corrected chi connectivity index (χ0v) is 10.5. The van der Waals surface area contributed by atoms with Gasteiger partial charge in [0.05, 0.1) is 5.92 Å². The topological polar surface area (TPSA) is 46.5 Å². The second-order valence-corrected chi connectivity index (χ2v) is 5.12. The molecule has 0 amide bonds. The number of rotatable bonds is 4. The molecule has 0 saturated heterocycles.